The van der Waals surface area contributed by atoms with Crippen LogP contribution in [0.2, 0.25) is 0 Å². The van der Waals surface area contributed by atoms with E-state index in [0.29, 0.717) is 5.41 Å². The van der Waals surface area contributed by atoms with Crippen molar-refractivity contribution in [3.63, 3.8) is 0 Å². The molecular weight excluding hydrogens is 226 g/mol. The van der Waals surface area contributed by atoms with Crippen molar-refractivity contribution in [1.29, 1.82) is 0 Å². The van der Waals surface area contributed by atoms with Crippen molar-refractivity contribution in [2.75, 3.05) is 26.3 Å². The minimum absolute atomic E-state index is 0.0822. The van der Waals surface area contributed by atoms with Gasteiger partial charge in [-0.3, -0.25) is 0 Å². The Morgan fingerprint density at radius 2 is 2.22 bits per heavy atom. The molecule has 3 heteroatoms. The summed E-state index contributed by atoms with van der Waals surface area (Å²) in [6.07, 6.45) is 10.1. The van der Waals surface area contributed by atoms with Gasteiger partial charge >= 0.3 is 0 Å². The average molecular weight is 255 g/mol. The van der Waals surface area contributed by atoms with E-state index in [1.54, 1.807) is 0 Å². The van der Waals surface area contributed by atoms with Gasteiger partial charge in [-0.25, -0.2) is 0 Å². The molecule has 2 aliphatic rings. The Morgan fingerprint density at radius 1 is 1.28 bits per heavy atom. The van der Waals surface area contributed by atoms with Crippen LogP contribution in [0.4, 0.5) is 0 Å². The van der Waals surface area contributed by atoms with Gasteiger partial charge in [-0.2, -0.15) is 0 Å². The fraction of sp³-hybridized carbons (Fsp3) is 1.00. The lowest BCUT2D eigenvalue weighted by Crippen LogP contribution is -2.30. The first kappa shape index (κ1) is 14.3. The van der Waals surface area contributed by atoms with Crippen LogP contribution in [0.25, 0.3) is 0 Å². The third-order valence-corrected chi connectivity index (χ3v) is 4.30. The summed E-state index contributed by atoms with van der Waals surface area (Å²) in [7, 11) is 0. The molecule has 2 saturated heterocycles. The second-order valence-corrected chi connectivity index (χ2v) is 6.22. The van der Waals surface area contributed by atoms with E-state index in [2.05, 4.69) is 12.2 Å². The molecular formula is C15H29NO2. The molecule has 2 aliphatic heterocycles. The Bertz CT molecular complexity index is 219. The highest BCUT2D eigenvalue weighted by Gasteiger charge is 2.25. The normalized spacial score (nSPS) is 34.2. The van der Waals surface area contributed by atoms with E-state index in [1.807, 2.05) is 0 Å². The topological polar surface area (TPSA) is 30.5 Å². The standard InChI is InChI=1S/C15H29NO2/c1-15(8-3-4-10-16-13-15)9-6-12-18-14-7-2-5-11-17-14/h14,16H,2-13H2,1H3. The van der Waals surface area contributed by atoms with Crippen molar-refractivity contribution in [2.24, 2.45) is 5.41 Å². The quantitative estimate of drug-likeness (QED) is 0.766. The van der Waals surface area contributed by atoms with Crippen LogP contribution in [0, 0.1) is 5.41 Å². The fourth-order valence-corrected chi connectivity index (χ4v) is 3.05. The lowest BCUT2D eigenvalue weighted by Gasteiger charge is -2.28. The maximum atomic E-state index is 5.81. The lowest BCUT2D eigenvalue weighted by atomic mass is 9.81. The second-order valence-electron chi connectivity index (χ2n) is 6.22. The van der Waals surface area contributed by atoms with Crippen molar-refractivity contribution in [3.8, 4) is 0 Å². The summed E-state index contributed by atoms with van der Waals surface area (Å²) in [5.74, 6) is 0. The molecule has 2 heterocycles. The van der Waals surface area contributed by atoms with E-state index in [9.17, 15) is 0 Å². The molecule has 0 aromatic heterocycles. The molecule has 3 nitrogen and oxygen atoms in total. The van der Waals surface area contributed by atoms with E-state index in [1.165, 1.54) is 51.6 Å². The molecule has 2 rings (SSSR count). The minimum atomic E-state index is 0.0822. The minimum Gasteiger partial charge on any atom is -0.353 e. The smallest absolute Gasteiger partial charge is 0.157 e. The third kappa shape index (κ3) is 4.87. The highest BCUT2D eigenvalue weighted by molar-refractivity contribution is 4.79. The van der Waals surface area contributed by atoms with Crippen LogP contribution < -0.4 is 5.32 Å². The largest absolute Gasteiger partial charge is 0.353 e. The van der Waals surface area contributed by atoms with Gasteiger partial charge < -0.3 is 14.8 Å². The lowest BCUT2D eigenvalue weighted by molar-refractivity contribution is -0.163. The number of nitrogens with one attached hydrogen (secondary N) is 1. The summed E-state index contributed by atoms with van der Waals surface area (Å²) >= 11 is 0. The van der Waals surface area contributed by atoms with Crippen LogP contribution in [0.5, 0.6) is 0 Å². The summed E-state index contributed by atoms with van der Waals surface area (Å²) < 4.78 is 11.4. The van der Waals surface area contributed by atoms with Crippen LogP contribution in [0.3, 0.4) is 0 Å². The summed E-state index contributed by atoms with van der Waals surface area (Å²) in [6.45, 7) is 6.53. The number of ether oxygens (including phenoxy) is 2. The van der Waals surface area contributed by atoms with E-state index in [-0.39, 0.29) is 6.29 Å². The number of hydrogen-bond donors (Lipinski definition) is 1. The van der Waals surface area contributed by atoms with Crippen LogP contribution >= 0.6 is 0 Å². The van der Waals surface area contributed by atoms with Gasteiger partial charge in [-0.05, 0) is 56.9 Å². The maximum Gasteiger partial charge on any atom is 0.157 e. The molecule has 0 aromatic rings. The van der Waals surface area contributed by atoms with Crippen LogP contribution in [0.1, 0.15) is 58.3 Å². The molecule has 0 saturated carbocycles. The van der Waals surface area contributed by atoms with E-state index in [0.717, 1.165) is 26.1 Å². The number of hydrogen-bond acceptors (Lipinski definition) is 3. The monoisotopic (exact) mass is 255 g/mol. The van der Waals surface area contributed by atoms with Gasteiger partial charge in [0.1, 0.15) is 0 Å². The van der Waals surface area contributed by atoms with Crippen molar-refractivity contribution in [2.45, 2.75) is 64.6 Å². The zero-order chi connectivity index (χ0) is 12.7. The Balaban J connectivity index is 1.58. The van der Waals surface area contributed by atoms with Crippen molar-refractivity contribution >= 4 is 0 Å². The first-order chi connectivity index (χ1) is 8.79. The molecule has 2 fully saturated rings. The zero-order valence-electron chi connectivity index (χ0n) is 11.9. The highest BCUT2D eigenvalue weighted by Crippen LogP contribution is 2.30. The molecule has 106 valence electrons. The van der Waals surface area contributed by atoms with Gasteiger partial charge in [-0.15, -0.1) is 0 Å². The van der Waals surface area contributed by atoms with Crippen LogP contribution in [-0.4, -0.2) is 32.6 Å². The molecule has 18 heavy (non-hydrogen) atoms. The van der Waals surface area contributed by atoms with E-state index >= 15 is 0 Å². The Morgan fingerprint density at radius 3 is 3.06 bits per heavy atom. The van der Waals surface area contributed by atoms with Crippen molar-refractivity contribution < 1.29 is 9.47 Å². The molecule has 0 aliphatic carbocycles. The third-order valence-electron chi connectivity index (χ3n) is 4.30. The van der Waals surface area contributed by atoms with Gasteiger partial charge in [0, 0.05) is 19.8 Å². The SMILES string of the molecule is CC1(CCCOC2CCCCO2)CCCCNC1. The van der Waals surface area contributed by atoms with Crippen LogP contribution in [-0.2, 0) is 9.47 Å². The summed E-state index contributed by atoms with van der Waals surface area (Å²) in [5, 5.41) is 3.56. The van der Waals surface area contributed by atoms with Crippen LogP contribution in [0.15, 0.2) is 0 Å². The van der Waals surface area contributed by atoms with Gasteiger partial charge in [0.05, 0.1) is 0 Å². The first-order valence-electron chi connectivity index (χ1n) is 7.72. The molecule has 0 amide bonds. The molecule has 2 atom stereocenters. The van der Waals surface area contributed by atoms with E-state index in [4.69, 9.17) is 9.47 Å². The van der Waals surface area contributed by atoms with Crippen molar-refractivity contribution in [1.82, 2.24) is 5.32 Å². The molecule has 0 aromatic carbocycles. The molecule has 0 spiro atoms. The summed E-state index contributed by atoms with van der Waals surface area (Å²) in [4.78, 5) is 0. The van der Waals surface area contributed by atoms with Gasteiger partial charge in [0.2, 0.25) is 0 Å². The Kier molecular flexibility index (Phi) is 5.93. The predicted octanol–water partition coefficient (Wildman–Crippen LogP) is 3.09. The summed E-state index contributed by atoms with van der Waals surface area (Å²) in [5.41, 5.74) is 0.479. The Labute approximate surface area is 112 Å². The molecule has 0 radical (unpaired) electrons. The highest BCUT2D eigenvalue weighted by atomic mass is 16.7. The second kappa shape index (κ2) is 7.46. The zero-order valence-corrected chi connectivity index (χ0v) is 11.9. The average Bonchev–Trinajstić information content (AvgIpc) is 2.61. The molecule has 2 unspecified atom stereocenters. The predicted molar refractivity (Wildman–Crippen MR) is 73.6 cm³/mol. The van der Waals surface area contributed by atoms with Crippen molar-refractivity contribution in [3.05, 3.63) is 0 Å². The first-order valence-corrected chi connectivity index (χ1v) is 7.72. The molecule has 0 bridgehead atoms. The fourth-order valence-electron chi connectivity index (χ4n) is 3.05. The van der Waals surface area contributed by atoms with Gasteiger partial charge in [0.25, 0.3) is 0 Å². The number of rotatable bonds is 5. The molecule has 1 N–H and O–H groups in total. The Hall–Kier alpha value is -0.120. The van der Waals surface area contributed by atoms with E-state index < -0.39 is 0 Å². The summed E-state index contributed by atoms with van der Waals surface area (Å²) in [6, 6.07) is 0. The van der Waals surface area contributed by atoms with Gasteiger partial charge in [-0.1, -0.05) is 13.3 Å². The maximum absolute atomic E-state index is 5.81. The van der Waals surface area contributed by atoms with Gasteiger partial charge in [0.15, 0.2) is 6.29 Å².